The number of halogens is 5. The van der Waals surface area contributed by atoms with Gasteiger partial charge >= 0.3 is 6.18 Å². The average molecular weight is 632 g/mol. The summed E-state index contributed by atoms with van der Waals surface area (Å²) in [6, 6.07) is 13.9. The molecule has 1 atom stereocenters. The molecule has 2 aromatic carbocycles. The summed E-state index contributed by atoms with van der Waals surface area (Å²) in [5, 5.41) is 13.3. The molecule has 1 saturated heterocycles. The van der Waals surface area contributed by atoms with Crippen molar-refractivity contribution in [3.8, 4) is 0 Å². The normalized spacial score (nSPS) is 20.5. The molecule has 2 aliphatic rings. The predicted molar refractivity (Wildman–Crippen MR) is 143 cm³/mol. The fourth-order valence-electron chi connectivity index (χ4n) is 5.68. The van der Waals surface area contributed by atoms with Crippen LogP contribution in [-0.2, 0) is 21.1 Å². The lowest BCUT2D eigenvalue weighted by Gasteiger charge is -2.42. The van der Waals surface area contributed by atoms with Gasteiger partial charge in [-0.25, -0.2) is 4.39 Å². The number of amides is 1. The third-order valence-electron chi connectivity index (χ3n) is 8.10. The number of alkyl halides is 4. The minimum absolute atomic E-state index is 0.0554. The molecule has 4 rings (SSSR count). The van der Waals surface area contributed by atoms with Crippen molar-refractivity contribution in [2.75, 3.05) is 19.6 Å². The van der Waals surface area contributed by atoms with E-state index >= 15 is 0 Å². The number of aliphatic hydroxyl groups is 1. The smallest absolute Gasteiger partial charge is 0.380 e. The number of benzene rings is 2. The zero-order chi connectivity index (χ0) is 26.7. The summed E-state index contributed by atoms with van der Waals surface area (Å²) in [6.45, 7) is 0.371. The van der Waals surface area contributed by atoms with E-state index in [4.69, 9.17) is 0 Å². The largest absolute Gasteiger partial charge is 0.417 e. The van der Waals surface area contributed by atoms with E-state index in [9.17, 15) is 27.5 Å². The number of nitrogens with one attached hydrogen (secondary N) is 1. The summed E-state index contributed by atoms with van der Waals surface area (Å²) in [5.41, 5.74) is -0.267. The maximum absolute atomic E-state index is 13.7. The third kappa shape index (κ3) is 6.30. The Labute approximate surface area is 229 Å². The first-order valence-electron chi connectivity index (χ1n) is 12.8. The topological polar surface area (TPSA) is 52.6 Å². The van der Waals surface area contributed by atoms with Crippen molar-refractivity contribution in [2.24, 2.45) is 0 Å². The van der Waals surface area contributed by atoms with Crippen LogP contribution < -0.4 is 5.32 Å². The molecule has 0 bridgehead atoms. The molecule has 0 unspecified atom stereocenters. The Morgan fingerprint density at radius 3 is 2.08 bits per heavy atom. The molecule has 0 radical (unpaired) electrons. The van der Waals surface area contributed by atoms with E-state index in [1.807, 2.05) is 17.0 Å². The second-order valence-electron chi connectivity index (χ2n) is 10.4. The highest BCUT2D eigenvalue weighted by Crippen LogP contribution is 2.42. The summed E-state index contributed by atoms with van der Waals surface area (Å²) in [6.07, 6.45) is -1.63. The molecule has 4 nitrogen and oxygen atoms in total. The van der Waals surface area contributed by atoms with Crippen molar-refractivity contribution in [1.29, 1.82) is 0 Å². The van der Waals surface area contributed by atoms with Crippen LogP contribution in [0.1, 0.15) is 55.2 Å². The minimum atomic E-state index is -4.68. The molecule has 1 aliphatic carbocycles. The molecular weight excluding hydrogens is 599 g/mol. The van der Waals surface area contributed by atoms with Gasteiger partial charge in [-0.05, 0) is 60.9 Å². The number of rotatable bonds is 8. The molecule has 9 heteroatoms. The number of carbonyl (C=O) groups is 1. The first-order chi connectivity index (χ1) is 17.6. The molecule has 0 aromatic heterocycles. The lowest BCUT2D eigenvalue weighted by Crippen LogP contribution is -2.57. The van der Waals surface area contributed by atoms with E-state index in [2.05, 4.69) is 40.0 Å². The van der Waals surface area contributed by atoms with Crippen molar-refractivity contribution in [3.63, 3.8) is 0 Å². The van der Waals surface area contributed by atoms with Crippen LogP contribution >= 0.6 is 22.6 Å². The molecule has 2 aromatic rings. The van der Waals surface area contributed by atoms with Crippen LogP contribution in [0.15, 0.2) is 48.5 Å². The van der Waals surface area contributed by atoms with Crippen molar-refractivity contribution in [3.05, 3.63) is 71.0 Å². The van der Waals surface area contributed by atoms with Gasteiger partial charge in [0.05, 0.1) is 5.41 Å². The van der Waals surface area contributed by atoms with Crippen LogP contribution in [0.25, 0.3) is 0 Å². The van der Waals surface area contributed by atoms with Crippen molar-refractivity contribution in [1.82, 2.24) is 10.2 Å². The standard InChI is InChI=1S/C28H33F4IN2O2/c29-23-9-5-20(6-10-23)17-24(35-15-13-27(37,14-16-35)28(30,31)32)19-34-25(36)26(11-1-2-12-26)22-7-3-21(18-33)4-8-22/h3-10,24,37H,1-2,11-19H2,(H,34,36)/t24-/m1/s1. The zero-order valence-corrected chi connectivity index (χ0v) is 22.8. The molecule has 1 saturated carbocycles. The van der Waals surface area contributed by atoms with E-state index in [0.29, 0.717) is 6.42 Å². The van der Waals surface area contributed by atoms with Crippen LogP contribution in [0, 0.1) is 5.82 Å². The Kier molecular flexibility index (Phi) is 8.85. The second-order valence-corrected chi connectivity index (χ2v) is 11.1. The molecule has 1 aliphatic heterocycles. The Bertz CT molecular complexity index is 1050. The van der Waals surface area contributed by atoms with Gasteiger partial charge in [-0.2, -0.15) is 13.2 Å². The van der Waals surface area contributed by atoms with E-state index in [-0.39, 0.29) is 37.4 Å². The van der Waals surface area contributed by atoms with Crippen LogP contribution in [0.2, 0.25) is 0 Å². The SMILES string of the molecule is O=C(NC[C@@H](Cc1ccc(F)cc1)N1CCC(O)(C(F)(F)F)CC1)C1(c2ccc(CI)cc2)CCCC1. The van der Waals surface area contributed by atoms with Crippen LogP contribution in [-0.4, -0.2) is 53.4 Å². The Balaban J connectivity index is 1.50. The fourth-order valence-corrected chi connectivity index (χ4v) is 6.19. The van der Waals surface area contributed by atoms with Gasteiger partial charge in [-0.1, -0.05) is 71.8 Å². The van der Waals surface area contributed by atoms with E-state index < -0.39 is 30.0 Å². The van der Waals surface area contributed by atoms with Crippen molar-refractivity contribution < 1.29 is 27.5 Å². The van der Waals surface area contributed by atoms with Gasteiger partial charge in [-0.3, -0.25) is 9.69 Å². The molecule has 2 fully saturated rings. The average Bonchev–Trinajstić information content (AvgIpc) is 3.39. The lowest BCUT2D eigenvalue weighted by molar-refractivity contribution is -0.273. The predicted octanol–water partition coefficient (Wildman–Crippen LogP) is 5.69. The number of carbonyl (C=O) groups excluding carboxylic acids is 1. The van der Waals surface area contributed by atoms with E-state index in [1.54, 1.807) is 12.1 Å². The zero-order valence-electron chi connectivity index (χ0n) is 20.7. The van der Waals surface area contributed by atoms with Crippen LogP contribution in [0.3, 0.4) is 0 Å². The molecule has 1 amide bonds. The molecule has 2 N–H and O–H groups in total. The first kappa shape index (κ1) is 28.3. The summed E-state index contributed by atoms with van der Waals surface area (Å²) in [4.78, 5) is 15.6. The summed E-state index contributed by atoms with van der Waals surface area (Å²) >= 11 is 2.31. The molecule has 0 spiro atoms. The molecular formula is C28H33F4IN2O2. The van der Waals surface area contributed by atoms with E-state index in [1.165, 1.54) is 17.7 Å². The van der Waals surface area contributed by atoms with Gasteiger partial charge in [0.1, 0.15) is 5.82 Å². The summed E-state index contributed by atoms with van der Waals surface area (Å²) < 4.78 is 54.4. The minimum Gasteiger partial charge on any atom is -0.380 e. The summed E-state index contributed by atoms with van der Waals surface area (Å²) in [5.74, 6) is -0.418. The van der Waals surface area contributed by atoms with Crippen LogP contribution in [0.5, 0.6) is 0 Å². The Morgan fingerprint density at radius 2 is 1.54 bits per heavy atom. The number of nitrogens with zero attached hydrogens (tertiary/aromatic N) is 1. The maximum Gasteiger partial charge on any atom is 0.417 e. The van der Waals surface area contributed by atoms with Gasteiger partial charge in [0.15, 0.2) is 5.60 Å². The second kappa shape index (κ2) is 11.6. The van der Waals surface area contributed by atoms with E-state index in [0.717, 1.165) is 41.2 Å². The van der Waals surface area contributed by atoms with Crippen LogP contribution in [0.4, 0.5) is 17.6 Å². The summed E-state index contributed by atoms with van der Waals surface area (Å²) in [7, 11) is 0. The number of likely N-dealkylation sites (tertiary alicyclic amines) is 1. The highest BCUT2D eigenvalue weighted by Gasteiger charge is 2.55. The monoisotopic (exact) mass is 632 g/mol. The number of piperidine rings is 1. The Morgan fingerprint density at radius 1 is 0.973 bits per heavy atom. The highest BCUT2D eigenvalue weighted by atomic mass is 127. The van der Waals surface area contributed by atoms with Crippen molar-refractivity contribution in [2.45, 2.75) is 72.6 Å². The highest BCUT2D eigenvalue weighted by molar-refractivity contribution is 14.1. The molecule has 202 valence electrons. The lowest BCUT2D eigenvalue weighted by atomic mass is 9.77. The molecule has 1 heterocycles. The quantitative estimate of drug-likeness (QED) is 0.224. The van der Waals surface area contributed by atoms with Gasteiger partial charge in [-0.15, -0.1) is 0 Å². The number of hydrogen-bond acceptors (Lipinski definition) is 3. The maximum atomic E-state index is 13.7. The van der Waals surface area contributed by atoms with Gasteiger partial charge in [0.2, 0.25) is 5.91 Å². The first-order valence-corrected chi connectivity index (χ1v) is 14.3. The Hall–Kier alpha value is -1.72. The fraction of sp³-hybridized carbons (Fsp3) is 0.536. The molecule has 37 heavy (non-hydrogen) atoms. The van der Waals surface area contributed by atoms with Gasteiger partial charge in [0.25, 0.3) is 0 Å². The third-order valence-corrected chi connectivity index (χ3v) is 8.99. The number of hydrogen-bond donors (Lipinski definition) is 2. The van der Waals surface area contributed by atoms with Gasteiger partial charge < -0.3 is 10.4 Å². The van der Waals surface area contributed by atoms with Crippen molar-refractivity contribution >= 4 is 28.5 Å². The van der Waals surface area contributed by atoms with Gasteiger partial charge in [0, 0.05) is 30.1 Å².